The predicted molar refractivity (Wildman–Crippen MR) is 71.5 cm³/mol. The van der Waals surface area contributed by atoms with Gasteiger partial charge in [-0.2, -0.15) is 0 Å². The lowest BCUT2D eigenvalue weighted by Gasteiger charge is -2.05. The minimum Gasteiger partial charge on any atom is -0.384 e. The topological polar surface area (TPSA) is 51.8 Å². The van der Waals surface area contributed by atoms with Crippen LogP contribution in [-0.2, 0) is 0 Å². The van der Waals surface area contributed by atoms with Gasteiger partial charge in [-0.1, -0.05) is 0 Å². The zero-order valence-corrected chi connectivity index (χ0v) is 11.1. The van der Waals surface area contributed by atoms with Gasteiger partial charge >= 0.3 is 0 Å². The van der Waals surface area contributed by atoms with E-state index in [9.17, 15) is 4.39 Å². The summed E-state index contributed by atoms with van der Waals surface area (Å²) in [5.74, 6) is 1.09. The van der Waals surface area contributed by atoms with Gasteiger partial charge in [-0.15, -0.1) is 0 Å². The summed E-state index contributed by atoms with van der Waals surface area (Å²) in [6.07, 6.45) is 2.29. The van der Waals surface area contributed by atoms with Crippen molar-refractivity contribution in [3.05, 3.63) is 40.2 Å². The molecule has 5 heteroatoms. The van der Waals surface area contributed by atoms with Crippen molar-refractivity contribution < 1.29 is 4.39 Å². The van der Waals surface area contributed by atoms with Crippen molar-refractivity contribution in [3.8, 4) is 11.4 Å². The van der Waals surface area contributed by atoms with E-state index in [2.05, 4.69) is 25.9 Å². The Balaban J connectivity index is 2.07. The highest BCUT2D eigenvalue weighted by molar-refractivity contribution is 9.10. The van der Waals surface area contributed by atoms with E-state index in [1.807, 2.05) is 0 Å². The summed E-state index contributed by atoms with van der Waals surface area (Å²) in [5, 5.41) is 0. The molecule has 1 aromatic carbocycles. The van der Waals surface area contributed by atoms with Crippen molar-refractivity contribution in [2.75, 3.05) is 5.73 Å². The summed E-state index contributed by atoms with van der Waals surface area (Å²) in [5.41, 5.74) is 7.38. The third-order valence-electron chi connectivity index (χ3n) is 2.94. The molecule has 0 saturated heterocycles. The van der Waals surface area contributed by atoms with Gasteiger partial charge in [0.1, 0.15) is 11.6 Å². The Morgan fingerprint density at radius 1 is 1.22 bits per heavy atom. The summed E-state index contributed by atoms with van der Waals surface area (Å²) in [6, 6.07) is 6.64. The highest BCUT2D eigenvalue weighted by atomic mass is 79.9. The summed E-state index contributed by atoms with van der Waals surface area (Å²) < 4.78 is 13.9. The van der Waals surface area contributed by atoms with Crippen molar-refractivity contribution in [2.45, 2.75) is 18.8 Å². The van der Waals surface area contributed by atoms with Crippen molar-refractivity contribution in [2.24, 2.45) is 0 Å². The van der Waals surface area contributed by atoms with E-state index in [1.165, 1.54) is 6.07 Å². The van der Waals surface area contributed by atoms with Crippen molar-refractivity contribution in [1.82, 2.24) is 9.97 Å². The molecule has 1 saturated carbocycles. The number of hydrogen-bond donors (Lipinski definition) is 1. The van der Waals surface area contributed by atoms with Crippen LogP contribution in [0.5, 0.6) is 0 Å². The molecular formula is C13H11BrFN3. The molecule has 0 spiro atoms. The first-order valence-electron chi connectivity index (χ1n) is 5.73. The molecule has 3 nitrogen and oxygen atoms in total. The monoisotopic (exact) mass is 307 g/mol. The van der Waals surface area contributed by atoms with Gasteiger partial charge in [-0.05, 0) is 47.0 Å². The van der Waals surface area contributed by atoms with Gasteiger partial charge in [0.05, 0.1) is 4.47 Å². The minimum absolute atomic E-state index is 0.327. The van der Waals surface area contributed by atoms with Crippen LogP contribution in [0.15, 0.2) is 28.7 Å². The zero-order valence-electron chi connectivity index (χ0n) is 9.53. The second kappa shape index (κ2) is 4.31. The van der Waals surface area contributed by atoms with Gasteiger partial charge < -0.3 is 5.73 Å². The number of halogens is 2. The lowest BCUT2D eigenvalue weighted by Crippen LogP contribution is -1.99. The number of anilines is 1. The Morgan fingerprint density at radius 2 is 2.00 bits per heavy atom. The van der Waals surface area contributed by atoms with E-state index in [4.69, 9.17) is 5.73 Å². The Kier molecular flexibility index (Phi) is 2.78. The standard InChI is InChI=1S/C13H11BrFN3/c14-9-4-3-8(5-10(9)15)13-17-11(7-1-2-7)6-12(16)18-13/h3-7H,1-2H2,(H2,16,17,18). The first kappa shape index (κ1) is 11.6. The summed E-state index contributed by atoms with van der Waals surface area (Å²) in [4.78, 5) is 8.63. The normalized spacial score (nSPS) is 14.8. The fourth-order valence-corrected chi connectivity index (χ4v) is 2.08. The Bertz CT molecular complexity index is 611. The molecule has 3 rings (SSSR count). The van der Waals surface area contributed by atoms with Gasteiger partial charge in [0.15, 0.2) is 5.82 Å². The molecule has 1 aliphatic rings. The highest BCUT2D eigenvalue weighted by Crippen LogP contribution is 2.40. The maximum Gasteiger partial charge on any atom is 0.161 e. The van der Waals surface area contributed by atoms with Crippen LogP contribution < -0.4 is 5.73 Å². The van der Waals surface area contributed by atoms with Gasteiger partial charge in [-0.25, -0.2) is 14.4 Å². The van der Waals surface area contributed by atoms with E-state index < -0.39 is 0 Å². The number of hydrogen-bond acceptors (Lipinski definition) is 3. The van der Waals surface area contributed by atoms with E-state index in [1.54, 1.807) is 18.2 Å². The zero-order chi connectivity index (χ0) is 12.7. The lowest BCUT2D eigenvalue weighted by atomic mass is 10.2. The Morgan fingerprint density at radius 3 is 2.67 bits per heavy atom. The molecule has 2 N–H and O–H groups in total. The molecule has 1 aromatic heterocycles. The van der Waals surface area contributed by atoms with Crippen LogP contribution in [-0.4, -0.2) is 9.97 Å². The molecule has 0 atom stereocenters. The number of nitrogens with two attached hydrogens (primary N) is 1. The van der Waals surface area contributed by atoms with Crippen LogP contribution in [0.25, 0.3) is 11.4 Å². The predicted octanol–water partition coefficient (Wildman–Crippen LogP) is 3.50. The molecule has 0 unspecified atom stereocenters. The van der Waals surface area contributed by atoms with Gasteiger partial charge in [0, 0.05) is 23.2 Å². The van der Waals surface area contributed by atoms with Crippen LogP contribution in [0.4, 0.5) is 10.2 Å². The molecule has 0 radical (unpaired) electrons. The van der Waals surface area contributed by atoms with Crippen LogP contribution in [0.1, 0.15) is 24.5 Å². The van der Waals surface area contributed by atoms with Crippen molar-refractivity contribution >= 4 is 21.7 Å². The van der Waals surface area contributed by atoms with Crippen molar-refractivity contribution in [1.29, 1.82) is 0 Å². The fraction of sp³-hybridized carbons (Fsp3) is 0.231. The van der Waals surface area contributed by atoms with E-state index in [0.29, 0.717) is 27.6 Å². The molecule has 0 amide bonds. The molecule has 2 aromatic rings. The van der Waals surface area contributed by atoms with Gasteiger partial charge in [-0.3, -0.25) is 0 Å². The quantitative estimate of drug-likeness (QED) is 0.923. The van der Waals surface area contributed by atoms with Gasteiger partial charge in [0.2, 0.25) is 0 Å². The van der Waals surface area contributed by atoms with Gasteiger partial charge in [0.25, 0.3) is 0 Å². The Labute approximate surface area is 112 Å². The van der Waals surface area contributed by atoms with E-state index in [-0.39, 0.29) is 5.82 Å². The first-order chi connectivity index (χ1) is 8.63. The summed E-state index contributed by atoms with van der Waals surface area (Å²) in [6.45, 7) is 0. The SMILES string of the molecule is Nc1cc(C2CC2)nc(-c2ccc(Br)c(F)c2)n1. The van der Waals surface area contributed by atoms with Crippen LogP contribution >= 0.6 is 15.9 Å². The molecule has 18 heavy (non-hydrogen) atoms. The molecule has 1 heterocycles. The summed E-state index contributed by atoms with van der Waals surface area (Å²) >= 11 is 3.12. The number of nitrogen functional groups attached to an aromatic ring is 1. The second-order valence-electron chi connectivity index (χ2n) is 4.44. The van der Waals surface area contributed by atoms with E-state index >= 15 is 0 Å². The third-order valence-corrected chi connectivity index (χ3v) is 3.58. The second-order valence-corrected chi connectivity index (χ2v) is 5.30. The molecular weight excluding hydrogens is 297 g/mol. The average Bonchev–Trinajstić information content (AvgIpc) is 3.16. The van der Waals surface area contributed by atoms with Crippen LogP contribution in [0.2, 0.25) is 0 Å². The smallest absolute Gasteiger partial charge is 0.161 e. The largest absolute Gasteiger partial charge is 0.384 e. The highest BCUT2D eigenvalue weighted by Gasteiger charge is 2.26. The fourth-order valence-electron chi connectivity index (χ4n) is 1.84. The third kappa shape index (κ3) is 2.22. The number of aromatic nitrogens is 2. The van der Waals surface area contributed by atoms with E-state index in [0.717, 1.165) is 18.5 Å². The number of nitrogens with zero attached hydrogens (tertiary/aromatic N) is 2. The molecule has 1 aliphatic carbocycles. The molecule has 0 bridgehead atoms. The molecule has 0 aliphatic heterocycles. The molecule has 1 fully saturated rings. The van der Waals surface area contributed by atoms with Crippen molar-refractivity contribution in [3.63, 3.8) is 0 Å². The molecule has 92 valence electrons. The average molecular weight is 308 g/mol. The van der Waals surface area contributed by atoms with Crippen LogP contribution in [0, 0.1) is 5.82 Å². The Hall–Kier alpha value is -1.49. The first-order valence-corrected chi connectivity index (χ1v) is 6.52. The lowest BCUT2D eigenvalue weighted by molar-refractivity contribution is 0.621. The minimum atomic E-state index is -0.327. The van der Waals surface area contributed by atoms with Crippen LogP contribution in [0.3, 0.4) is 0 Å². The maximum atomic E-state index is 13.5. The maximum absolute atomic E-state index is 13.5. The summed E-state index contributed by atoms with van der Waals surface area (Å²) in [7, 11) is 0. The number of benzene rings is 1. The number of rotatable bonds is 2.